The molecule has 2 heterocycles. The number of pyridine rings is 1. The largest absolute Gasteiger partial charge is 0.480 e. The molecule has 1 aromatic heterocycles. The summed E-state index contributed by atoms with van der Waals surface area (Å²) in [5.74, 6) is -2.64. The average Bonchev–Trinajstić information content (AvgIpc) is 2.78. The predicted octanol–water partition coefficient (Wildman–Crippen LogP) is -0.397. The van der Waals surface area contributed by atoms with E-state index in [-0.39, 0.29) is 11.5 Å². The lowest BCUT2D eigenvalue weighted by Gasteiger charge is -2.15. The number of nitrogens with one attached hydrogen (secondary N) is 2. The normalized spacial score (nSPS) is 22.9. The molecule has 1 aromatic rings. The standard InChI is InChI=1S/C11H12N2O5/c14-9-7(10(15)16)3-5(4-13-9)6-1-2-12-8(6)11(17)18/h3-4,6,8,12H,1-2H2,(H,13,14)(H,15,16)(H,17,18)/t6-,8+/m1/s1. The molecule has 2 atom stereocenters. The van der Waals surface area contributed by atoms with Crippen molar-refractivity contribution in [3.63, 3.8) is 0 Å². The van der Waals surface area contributed by atoms with Crippen molar-refractivity contribution in [2.24, 2.45) is 0 Å². The van der Waals surface area contributed by atoms with Crippen LogP contribution in [-0.4, -0.2) is 39.7 Å². The fraction of sp³-hybridized carbons (Fsp3) is 0.364. The number of carboxylic acid groups (broad SMARTS) is 2. The first-order valence-electron chi connectivity index (χ1n) is 5.43. The lowest BCUT2D eigenvalue weighted by atomic mass is 9.92. The van der Waals surface area contributed by atoms with Gasteiger partial charge in [-0.2, -0.15) is 0 Å². The molecular weight excluding hydrogens is 240 g/mol. The Morgan fingerprint density at radius 3 is 2.67 bits per heavy atom. The molecule has 0 bridgehead atoms. The molecule has 4 N–H and O–H groups in total. The first-order valence-corrected chi connectivity index (χ1v) is 5.43. The topological polar surface area (TPSA) is 119 Å². The van der Waals surface area contributed by atoms with E-state index in [1.165, 1.54) is 12.3 Å². The van der Waals surface area contributed by atoms with Crippen LogP contribution in [-0.2, 0) is 4.79 Å². The first-order chi connectivity index (χ1) is 8.50. The summed E-state index contributed by atoms with van der Waals surface area (Å²) in [6.07, 6.45) is 1.96. The van der Waals surface area contributed by atoms with Crippen LogP contribution in [0.5, 0.6) is 0 Å². The zero-order valence-electron chi connectivity index (χ0n) is 9.34. The molecule has 1 aliphatic rings. The van der Waals surface area contributed by atoms with Crippen molar-refractivity contribution in [1.82, 2.24) is 10.3 Å². The van der Waals surface area contributed by atoms with Crippen molar-refractivity contribution in [2.45, 2.75) is 18.4 Å². The third-order valence-electron chi connectivity index (χ3n) is 3.07. The molecule has 7 nitrogen and oxygen atoms in total. The Bertz CT molecular complexity index is 551. The minimum absolute atomic E-state index is 0.336. The Morgan fingerprint density at radius 1 is 1.33 bits per heavy atom. The van der Waals surface area contributed by atoms with Gasteiger partial charge in [0.05, 0.1) is 0 Å². The van der Waals surface area contributed by atoms with Crippen LogP contribution >= 0.6 is 0 Å². The fourth-order valence-electron chi connectivity index (χ4n) is 2.20. The van der Waals surface area contributed by atoms with Gasteiger partial charge in [0, 0.05) is 12.1 Å². The third kappa shape index (κ3) is 2.12. The maximum atomic E-state index is 11.3. The van der Waals surface area contributed by atoms with E-state index < -0.39 is 23.5 Å². The molecule has 1 fully saturated rings. The van der Waals surface area contributed by atoms with E-state index in [0.717, 1.165) is 0 Å². The van der Waals surface area contributed by atoms with E-state index in [1.54, 1.807) is 0 Å². The van der Waals surface area contributed by atoms with E-state index in [9.17, 15) is 14.4 Å². The second kappa shape index (κ2) is 4.61. The molecule has 1 saturated heterocycles. The van der Waals surface area contributed by atoms with Gasteiger partial charge in [0.25, 0.3) is 5.56 Å². The van der Waals surface area contributed by atoms with Crippen molar-refractivity contribution in [2.75, 3.05) is 6.54 Å². The third-order valence-corrected chi connectivity index (χ3v) is 3.07. The van der Waals surface area contributed by atoms with E-state index >= 15 is 0 Å². The zero-order valence-corrected chi connectivity index (χ0v) is 9.34. The van der Waals surface area contributed by atoms with Gasteiger partial charge in [-0.25, -0.2) is 4.79 Å². The van der Waals surface area contributed by atoms with Crippen molar-refractivity contribution in [1.29, 1.82) is 0 Å². The SMILES string of the molecule is O=C(O)c1cc([C@H]2CCN[C@@H]2C(=O)O)c[nH]c1=O. The quantitative estimate of drug-likeness (QED) is 0.581. The molecule has 0 saturated carbocycles. The molecule has 0 radical (unpaired) electrons. The minimum atomic E-state index is -1.32. The zero-order chi connectivity index (χ0) is 13.3. The summed E-state index contributed by atoms with van der Waals surface area (Å²) < 4.78 is 0. The van der Waals surface area contributed by atoms with E-state index in [1.807, 2.05) is 0 Å². The molecule has 0 aromatic carbocycles. The van der Waals surface area contributed by atoms with Crippen LogP contribution in [0.3, 0.4) is 0 Å². The number of carboxylic acids is 2. The van der Waals surface area contributed by atoms with Gasteiger partial charge in [0.15, 0.2) is 0 Å². The van der Waals surface area contributed by atoms with Crippen LogP contribution in [0.25, 0.3) is 0 Å². The molecule has 0 amide bonds. The van der Waals surface area contributed by atoms with Gasteiger partial charge < -0.3 is 20.5 Å². The van der Waals surface area contributed by atoms with Crippen molar-refractivity contribution >= 4 is 11.9 Å². The second-order valence-corrected chi connectivity index (χ2v) is 4.15. The highest BCUT2D eigenvalue weighted by atomic mass is 16.4. The molecular formula is C11H12N2O5. The van der Waals surface area contributed by atoms with Crippen LogP contribution in [0.2, 0.25) is 0 Å². The molecule has 18 heavy (non-hydrogen) atoms. The molecule has 0 aliphatic carbocycles. The highest BCUT2D eigenvalue weighted by molar-refractivity contribution is 5.87. The van der Waals surface area contributed by atoms with Gasteiger partial charge in [-0.15, -0.1) is 0 Å². The summed E-state index contributed by atoms with van der Waals surface area (Å²) in [5, 5.41) is 20.7. The molecule has 2 rings (SSSR count). The number of aromatic carboxylic acids is 1. The summed E-state index contributed by atoms with van der Waals surface area (Å²) in [4.78, 5) is 35.5. The van der Waals surface area contributed by atoms with E-state index in [0.29, 0.717) is 18.5 Å². The summed E-state index contributed by atoms with van der Waals surface area (Å²) in [5.41, 5.74) is -0.544. The lowest BCUT2D eigenvalue weighted by Crippen LogP contribution is -2.34. The Morgan fingerprint density at radius 2 is 2.06 bits per heavy atom. The maximum Gasteiger partial charge on any atom is 0.341 e. The van der Waals surface area contributed by atoms with E-state index in [4.69, 9.17) is 10.2 Å². The highest BCUT2D eigenvalue weighted by Crippen LogP contribution is 2.27. The van der Waals surface area contributed by atoms with Gasteiger partial charge in [0.2, 0.25) is 0 Å². The monoisotopic (exact) mass is 252 g/mol. The Balaban J connectivity index is 2.39. The Kier molecular flexibility index (Phi) is 3.15. The van der Waals surface area contributed by atoms with Crippen LogP contribution in [0.1, 0.15) is 28.3 Å². The van der Waals surface area contributed by atoms with Crippen molar-refractivity contribution < 1.29 is 19.8 Å². The van der Waals surface area contributed by atoms with Gasteiger partial charge in [-0.1, -0.05) is 0 Å². The van der Waals surface area contributed by atoms with Crippen molar-refractivity contribution in [3.05, 3.63) is 33.7 Å². The van der Waals surface area contributed by atoms with Crippen LogP contribution in [0, 0.1) is 0 Å². The molecule has 96 valence electrons. The number of hydrogen-bond donors (Lipinski definition) is 4. The smallest absolute Gasteiger partial charge is 0.341 e. The highest BCUT2D eigenvalue weighted by Gasteiger charge is 2.34. The van der Waals surface area contributed by atoms with Gasteiger partial charge >= 0.3 is 11.9 Å². The Hall–Kier alpha value is -2.15. The number of rotatable bonds is 3. The second-order valence-electron chi connectivity index (χ2n) is 4.15. The number of aromatic nitrogens is 1. The number of aromatic amines is 1. The fourth-order valence-corrected chi connectivity index (χ4v) is 2.20. The average molecular weight is 252 g/mol. The maximum absolute atomic E-state index is 11.3. The molecule has 0 unspecified atom stereocenters. The number of hydrogen-bond acceptors (Lipinski definition) is 4. The van der Waals surface area contributed by atoms with Gasteiger partial charge in [-0.3, -0.25) is 9.59 Å². The number of carbonyl (C=O) groups is 2. The van der Waals surface area contributed by atoms with Crippen molar-refractivity contribution in [3.8, 4) is 0 Å². The summed E-state index contributed by atoms with van der Waals surface area (Å²) in [7, 11) is 0. The van der Waals surface area contributed by atoms with Crippen LogP contribution in [0.15, 0.2) is 17.1 Å². The Labute approximate surface area is 101 Å². The predicted molar refractivity (Wildman–Crippen MR) is 60.8 cm³/mol. The summed E-state index contributed by atoms with van der Waals surface area (Å²) >= 11 is 0. The number of aliphatic carboxylic acids is 1. The molecule has 7 heteroatoms. The van der Waals surface area contributed by atoms with Gasteiger partial charge in [0.1, 0.15) is 11.6 Å². The minimum Gasteiger partial charge on any atom is -0.480 e. The summed E-state index contributed by atoms with van der Waals surface area (Å²) in [6.45, 7) is 0.545. The molecule has 0 spiro atoms. The number of H-pyrrole nitrogens is 1. The molecule has 1 aliphatic heterocycles. The van der Waals surface area contributed by atoms with Crippen LogP contribution < -0.4 is 10.9 Å². The summed E-state index contributed by atoms with van der Waals surface area (Å²) in [6, 6.07) is 0.493. The van der Waals surface area contributed by atoms with Crippen LogP contribution in [0.4, 0.5) is 0 Å². The first kappa shape index (κ1) is 12.3. The van der Waals surface area contributed by atoms with Gasteiger partial charge in [-0.05, 0) is 24.6 Å². The lowest BCUT2D eigenvalue weighted by molar-refractivity contribution is -0.139. The van der Waals surface area contributed by atoms with E-state index in [2.05, 4.69) is 10.3 Å².